The second-order valence-electron chi connectivity index (χ2n) is 3.95. The van der Waals surface area contributed by atoms with Gasteiger partial charge in [0.25, 0.3) is 0 Å². The van der Waals surface area contributed by atoms with Crippen LogP contribution in [0.5, 0.6) is 0 Å². The Hall–Kier alpha value is -1.51. The van der Waals surface area contributed by atoms with Gasteiger partial charge in [0, 0.05) is 12.1 Å². The molecule has 0 radical (unpaired) electrons. The third-order valence-corrected chi connectivity index (χ3v) is 2.70. The molecule has 2 rings (SSSR count). The lowest BCUT2D eigenvalue weighted by Crippen LogP contribution is -1.89. The molecule has 2 heterocycles. The van der Waals surface area contributed by atoms with E-state index < -0.39 is 0 Å². The Morgan fingerprint density at radius 2 is 2.33 bits per heavy atom. The smallest absolute Gasteiger partial charge is 0.139 e. The number of hydrogen-bond acceptors (Lipinski definition) is 3. The van der Waals surface area contributed by atoms with Gasteiger partial charge in [0.1, 0.15) is 17.2 Å². The van der Waals surface area contributed by atoms with Gasteiger partial charge in [-0.1, -0.05) is 20.3 Å². The van der Waals surface area contributed by atoms with Crippen LogP contribution in [0.2, 0.25) is 0 Å². The third kappa shape index (κ3) is 1.82. The van der Waals surface area contributed by atoms with Crippen molar-refractivity contribution in [1.82, 2.24) is 4.98 Å². The summed E-state index contributed by atoms with van der Waals surface area (Å²) in [5.41, 5.74) is 6.61. The number of anilines is 1. The summed E-state index contributed by atoms with van der Waals surface area (Å²) < 4.78 is 5.74. The molecular formula is C12H16N2O. The van der Waals surface area contributed by atoms with Crippen LogP contribution in [-0.4, -0.2) is 4.98 Å². The normalized spacial score (nSPS) is 13.2. The fourth-order valence-electron chi connectivity index (χ4n) is 1.82. The van der Waals surface area contributed by atoms with Crippen LogP contribution in [0, 0.1) is 0 Å². The van der Waals surface area contributed by atoms with Gasteiger partial charge in [-0.25, -0.2) is 4.98 Å². The van der Waals surface area contributed by atoms with Crippen molar-refractivity contribution in [3.05, 3.63) is 24.1 Å². The van der Waals surface area contributed by atoms with Gasteiger partial charge in [-0.2, -0.15) is 0 Å². The van der Waals surface area contributed by atoms with E-state index in [1.54, 1.807) is 6.20 Å². The van der Waals surface area contributed by atoms with Crippen molar-refractivity contribution in [3.63, 3.8) is 0 Å². The summed E-state index contributed by atoms with van der Waals surface area (Å²) in [6.07, 6.45) is 3.97. The van der Waals surface area contributed by atoms with Gasteiger partial charge in [0.15, 0.2) is 0 Å². The van der Waals surface area contributed by atoms with E-state index >= 15 is 0 Å². The zero-order valence-electron chi connectivity index (χ0n) is 9.16. The van der Waals surface area contributed by atoms with E-state index in [1.807, 2.05) is 12.1 Å². The van der Waals surface area contributed by atoms with Crippen LogP contribution in [0.15, 0.2) is 22.7 Å². The predicted molar refractivity (Wildman–Crippen MR) is 61.7 cm³/mol. The molecular weight excluding hydrogens is 188 g/mol. The van der Waals surface area contributed by atoms with Gasteiger partial charge in [-0.15, -0.1) is 0 Å². The standard InChI is InChI=1S/C12H16N2O/c1-3-4-8(2)11-7-9-10(15-11)5-6-14-12(9)13/h5-8H,3-4H2,1-2H3,(H2,13,14). The van der Waals surface area contributed by atoms with Crippen LogP contribution in [0.1, 0.15) is 38.4 Å². The highest BCUT2D eigenvalue weighted by Gasteiger charge is 2.12. The molecule has 3 heteroatoms. The first-order chi connectivity index (χ1) is 7.22. The summed E-state index contributed by atoms with van der Waals surface area (Å²) in [4.78, 5) is 4.04. The summed E-state index contributed by atoms with van der Waals surface area (Å²) in [5.74, 6) is 2.00. The van der Waals surface area contributed by atoms with Gasteiger partial charge < -0.3 is 10.2 Å². The Morgan fingerprint density at radius 3 is 3.00 bits per heavy atom. The topological polar surface area (TPSA) is 52.0 Å². The van der Waals surface area contributed by atoms with Gasteiger partial charge in [0.05, 0.1) is 5.39 Å². The van der Waals surface area contributed by atoms with Crippen LogP contribution in [0.4, 0.5) is 5.82 Å². The summed E-state index contributed by atoms with van der Waals surface area (Å²) in [6.45, 7) is 4.35. The molecule has 0 saturated carbocycles. The van der Waals surface area contributed by atoms with Crippen LogP contribution >= 0.6 is 0 Å². The highest BCUT2D eigenvalue weighted by molar-refractivity contribution is 5.87. The van der Waals surface area contributed by atoms with Crippen molar-refractivity contribution in [2.24, 2.45) is 0 Å². The Kier molecular flexibility index (Phi) is 2.62. The van der Waals surface area contributed by atoms with Gasteiger partial charge >= 0.3 is 0 Å². The number of fused-ring (bicyclic) bond motifs is 1. The van der Waals surface area contributed by atoms with Gasteiger partial charge in [0.2, 0.25) is 0 Å². The molecule has 2 aromatic rings. The summed E-state index contributed by atoms with van der Waals surface area (Å²) in [5, 5.41) is 0.926. The molecule has 2 N–H and O–H groups in total. The van der Waals surface area contributed by atoms with Gasteiger partial charge in [-0.3, -0.25) is 0 Å². The highest BCUT2D eigenvalue weighted by atomic mass is 16.3. The Bertz CT molecular complexity index is 462. The minimum Gasteiger partial charge on any atom is -0.461 e. The molecule has 2 aromatic heterocycles. The average Bonchev–Trinajstić information content (AvgIpc) is 2.63. The molecule has 0 aliphatic rings. The van der Waals surface area contributed by atoms with Crippen molar-refractivity contribution in [2.45, 2.75) is 32.6 Å². The second-order valence-corrected chi connectivity index (χ2v) is 3.95. The quantitative estimate of drug-likeness (QED) is 0.834. The molecule has 0 amide bonds. The van der Waals surface area contributed by atoms with Crippen molar-refractivity contribution in [3.8, 4) is 0 Å². The molecule has 1 atom stereocenters. The minimum absolute atomic E-state index is 0.446. The maximum absolute atomic E-state index is 5.77. The lowest BCUT2D eigenvalue weighted by molar-refractivity contribution is 0.486. The first-order valence-electron chi connectivity index (χ1n) is 5.36. The molecule has 3 nitrogen and oxygen atoms in total. The maximum Gasteiger partial charge on any atom is 0.139 e. The molecule has 0 saturated heterocycles. The fraction of sp³-hybridized carbons (Fsp3) is 0.417. The monoisotopic (exact) mass is 204 g/mol. The molecule has 0 aliphatic heterocycles. The minimum atomic E-state index is 0.446. The van der Waals surface area contributed by atoms with Crippen molar-refractivity contribution >= 4 is 16.8 Å². The predicted octanol–water partition coefficient (Wildman–Crippen LogP) is 3.31. The lowest BCUT2D eigenvalue weighted by atomic mass is 10.0. The van der Waals surface area contributed by atoms with E-state index in [2.05, 4.69) is 18.8 Å². The number of nitrogens with zero attached hydrogens (tertiary/aromatic N) is 1. The summed E-state index contributed by atoms with van der Waals surface area (Å²) in [6, 6.07) is 3.87. The van der Waals surface area contributed by atoms with Crippen molar-refractivity contribution in [1.29, 1.82) is 0 Å². The SMILES string of the molecule is CCCC(C)c1cc2c(N)nccc2o1. The molecule has 0 bridgehead atoms. The van der Waals surface area contributed by atoms with E-state index in [0.717, 1.165) is 29.6 Å². The lowest BCUT2D eigenvalue weighted by Gasteiger charge is -2.04. The number of furan rings is 1. The molecule has 0 spiro atoms. The first kappa shape index (κ1) is 10.0. The third-order valence-electron chi connectivity index (χ3n) is 2.70. The zero-order valence-corrected chi connectivity index (χ0v) is 9.16. The molecule has 1 unspecified atom stereocenters. The highest BCUT2D eigenvalue weighted by Crippen LogP contribution is 2.29. The maximum atomic E-state index is 5.77. The molecule has 0 aliphatic carbocycles. The number of rotatable bonds is 3. The van der Waals surface area contributed by atoms with Gasteiger partial charge in [-0.05, 0) is 18.6 Å². The zero-order chi connectivity index (χ0) is 10.8. The van der Waals surface area contributed by atoms with Crippen LogP contribution in [0.3, 0.4) is 0 Å². The molecule has 0 fully saturated rings. The van der Waals surface area contributed by atoms with Crippen LogP contribution in [-0.2, 0) is 0 Å². The van der Waals surface area contributed by atoms with E-state index in [0.29, 0.717) is 11.7 Å². The Labute approximate surface area is 89.3 Å². The molecule has 15 heavy (non-hydrogen) atoms. The first-order valence-corrected chi connectivity index (χ1v) is 5.36. The number of hydrogen-bond donors (Lipinski definition) is 1. The molecule has 0 aromatic carbocycles. The van der Waals surface area contributed by atoms with E-state index in [-0.39, 0.29) is 0 Å². The summed E-state index contributed by atoms with van der Waals surface area (Å²) in [7, 11) is 0. The van der Waals surface area contributed by atoms with E-state index in [4.69, 9.17) is 10.2 Å². The second kappa shape index (κ2) is 3.93. The molecule has 80 valence electrons. The number of nitrogens with two attached hydrogens (primary N) is 1. The fourth-order valence-corrected chi connectivity index (χ4v) is 1.82. The van der Waals surface area contributed by atoms with Crippen molar-refractivity contribution in [2.75, 3.05) is 5.73 Å². The van der Waals surface area contributed by atoms with Crippen LogP contribution in [0.25, 0.3) is 11.0 Å². The number of pyridine rings is 1. The summed E-state index contributed by atoms with van der Waals surface area (Å²) >= 11 is 0. The van der Waals surface area contributed by atoms with E-state index in [1.165, 1.54) is 0 Å². The number of aromatic nitrogens is 1. The van der Waals surface area contributed by atoms with E-state index in [9.17, 15) is 0 Å². The van der Waals surface area contributed by atoms with Crippen molar-refractivity contribution < 1.29 is 4.42 Å². The Balaban J connectivity index is 2.43. The van der Waals surface area contributed by atoms with Crippen LogP contribution < -0.4 is 5.73 Å². The Morgan fingerprint density at radius 1 is 1.53 bits per heavy atom. The number of nitrogen functional groups attached to an aromatic ring is 1. The largest absolute Gasteiger partial charge is 0.461 e. The average molecular weight is 204 g/mol.